The number of aliphatic hydroxyl groups is 1. The maximum atomic E-state index is 14.1. The molecule has 0 spiro atoms. The number of carbonyl (C=O) groups excluding carboxylic acids is 1. The molecule has 5 rings (SSSR count). The molecule has 39 heavy (non-hydrogen) atoms. The van der Waals surface area contributed by atoms with Gasteiger partial charge in [0.25, 0.3) is 5.91 Å². The van der Waals surface area contributed by atoms with Gasteiger partial charge >= 0.3 is 0 Å². The van der Waals surface area contributed by atoms with Crippen molar-refractivity contribution in [3.05, 3.63) is 66.5 Å². The number of nitrogens with two attached hydrogens (primary N) is 1. The van der Waals surface area contributed by atoms with Crippen LogP contribution in [0.3, 0.4) is 0 Å². The van der Waals surface area contributed by atoms with Gasteiger partial charge in [-0.25, -0.2) is 13.9 Å². The van der Waals surface area contributed by atoms with Crippen molar-refractivity contribution in [1.82, 2.24) is 19.6 Å². The van der Waals surface area contributed by atoms with Gasteiger partial charge in [0.05, 0.1) is 30.4 Å². The maximum Gasteiger partial charge on any atom is 0.276 e. The van der Waals surface area contributed by atoms with Crippen molar-refractivity contribution in [3.8, 4) is 5.75 Å². The number of hydrogen-bond acceptors (Lipinski definition) is 9. The number of imidazole rings is 1. The Morgan fingerprint density at radius 1 is 1.13 bits per heavy atom. The molecule has 1 saturated carbocycles. The summed E-state index contributed by atoms with van der Waals surface area (Å²) in [5.74, 6) is 0.0549. The Bertz CT molecular complexity index is 1420. The summed E-state index contributed by atoms with van der Waals surface area (Å²) in [7, 11) is 0. The fraction of sp³-hybridized carbons (Fsp3) is 0.333. The first-order valence-electron chi connectivity index (χ1n) is 12.9. The zero-order valence-corrected chi connectivity index (χ0v) is 21.3. The van der Waals surface area contributed by atoms with Crippen LogP contribution in [-0.4, -0.2) is 55.9 Å². The zero-order chi connectivity index (χ0) is 27.2. The number of rotatable bonds is 10. The van der Waals surface area contributed by atoms with Crippen LogP contribution in [0.1, 0.15) is 42.6 Å². The van der Waals surface area contributed by atoms with Crippen molar-refractivity contribution in [2.45, 2.75) is 44.2 Å². The second kappa shape index (κ2) is 12.0. The second-order valence-corrected chi connectivity index (χ2v) is 9.46. The second-order valence-electron chi connectivity index (χ2n) is 9.46. The van der Waals surface area contributed by atoms with Crippen LogP contribution in [0.2, 0.25) is 0 Å². The molecule has 11 nitrogen and oxygen atoms in total. The van der Waals surface area contributed by atoms with Gasteiger partial charge in [-0.15, -0.1) is 5.10 Å². The molecule has 0 unspecified atom stereocenters. The Hall–Kier alpha value is -4.29. The number of anilines is 4. The average molecular weight is 535 g/mol. The lowest BCUT2D eigenvalue weighted by Gasteiger charge is -2.27. The molecule has 1 fully saturated rings. The number of ether oxygens (including phenoxy) is 1. The Balaban J connectivity index is 1.44. The molecule has 0 radical (unpaired) electrons. The number of benzene rings is 1. The summed E-state index contributed by atoms with van der Waals surface area (Å²) < 4.78 is 21.2. The summed E-state index contributed by atoms with van der Waals surface area (Å²) in [5.41, 5.74) is 8.06. The highest BCUT2D eigenvalue weighted by Crippen LogP contribution is 2.28. The maximum absolute atomic E-state index is 14.1. The number of pyridine rings is 1. The van der Waals surface area contributed by atoms with E-state index >= 15 is 0 Å². The normalized spacial score (nSPS) is 17.1. The van der Waals surface area contributed by atoms with Crippen molar-refractivity contribution in [2.75, 3.05) is 29.2 Å². The predicted octanol–water partition coefficient (Wildman–Crippen LogP) is 3.70. The molecule has 6 N–H and O–H groups in total. The standard InChI is InChI=1S/C27H31FN8O3/c28-21-15-30-11-10-22(21)34-27(38)24-16-31-26-23(32-18-6-8-20(9-7-18)39-13-1-12-37)14-25(35-36(24)26)33-19-4-2-17(29)3-5-19/h6-11,14-17,19,32,37H,1-5,12-13,29H2,(H,33,35)(H,30,34,38)/t17-,19-. The molecule has 1 aliphatic carbocycles. The van der Waals surface area contributed by atoms with E-state index < -0.39 is 11.7 Å². The fourth-order valence-corrected chi connectivity index (χ4v) is 4.47. The number of aliphatic hydroxyl groups excluding tert-OH is 1. The Labute approximate surface area is 224 Å². The summed E-state index contributed by atoms with van der Waals surface area (Å²) in [6.45, 7) is 0.501. The van der Waals surface area contributed by atoms with Gasteiger partial charge in [0, 0.05) is 43.1 Å². The Kier molecular flexibility index (Phi) is 8.13. The van der Waals surface area contributed by atoms with Crippen LogP contribution < -0.4 is 26.4 Å². The van der Waals surface area contributed by atoms with Crippen molar-refractivity contribution in [3.63, 3.8) is 0 Å². The number of nitrogens with one attached hydrogen (secondary N) is 3. The van der Waals surface area contributed by atoms with Gasteiger partial charge in [0.2, 0.25) is 0 Å². The molecular weight excluding hydrogens is 503 g/mol. The third-order valence-electron chi connectivity index (χ3n) is 6.55. The van der Waals surface area contributed by atoms with Crippen LogP contribution in [0.15, 0.2) is 55.0 Å². The molecule has 0 bridgehead atoms. The minimum atomic E-state index is -0.642. The predicted molar refractivity (Wildman–Crippen MR) is 146 cm³/mol. The van der Waals surface area contributed by atoms with Gasteiger partial charge in [-0.2, -0.15) is 0 Å². The lowest BCUT2D eigenvalue weighted by atomic mass is 9.92. The average Bonchev–Trinajstić information content (AvgIpc) is 3.37. The molecule has 1 aliphatic rings. The van der Waals surface area contributed by atoms with E-state index in [1.807, 2.05) is 30.3 Å². The first kappa shape index (κ1) is 26.3. The number of hydrogen-bond donors (Lipinski definition) is 5. The number of carbonyl (C=O) groups is 1. The first-order chi connectivity index (χ1) is 19.0. The van der Waals surface area contributed by atoms with Crippen LogP contribution >= 0.6 is 0 Å². The monoisotopic (exact) mass is 534 g/mol. The fourth-order valence-electron chi connectivity index (χ4n) is 4.47. The smallest absolute Gasteiger partial charge is 0.276 e. The van der Waals surface area contributed by atoms with Crippen LogP contribution in [0.5, 0.6) is 5.75 Å². The number of amides is 1. The van der Waals surface area contributed by atoms with E-state index in [-0.39, 0.29) is 30.1 Å². The molecular formula is C27H31FN8O3. The number of fused-ring (bicyclic) bond motifs is 1. The van der Waals surface area contributed by atoms with Gasteiger partial charge in [0.15, 0.2) is 17.2 Å². The van der Waals surface area contributed by atoms with Gasteiger partial charge < -0.3 is 31.5 Å². The van der Waals surface area contributed by atoms with Crippen molar-refractivity contribution in [1.29, 1.82) is 0 Å². The summed E-state index contributed by atoms with van der Waals surface area (Å²) >= 11 is 0. The number of aromatic nitrogens is 4. The van der Waals surface area contributed by atoms with E-state index in [0.717, 1.165) is 37.6 Å². The van der Waals surface area contributed by atoms with Crippen LogP contribution in [-0.2, 0) is 0 Å². The molecule has 3 aromatic heterocycles. The van der Waals surface area contributed by atoms with Gasteiger partial charge in [0.1, 0.15) is 11.6 Å². The first-order valence-corrected chi connectivity index (χ1v) is 12.9. The molecule has 4 aromatic rings. The highest BCUT2D eigenvalue weighted by molar-refractivity contribution is 6.03. The highest BCUT2D eigenvalue weighted by Gasteiger charge is 2.22. The lowest BCUT2D eigenvalue weighted by molar-refractivity contribution is 0.102. The third-order valence-corrected chi connectivity index (χ3v) is 6.55. The molecule has 204 valence electrons. The van der Waals surface area contributed by atoms with Gasteiger partial charge in [-0.3, -0.25) is 9.78 Å². The van der Waals surface area contributed by atoms with Crippen LogP contribution in [0, 0.1) is 5.82 Å². The lowest BCUT2D eigenvalue weighted by Crippen LogP contribution is -2.33. The molecule has 1 amide bonds. The largest absolute Gasteiger partial charge is 0.494 e. The molecule has 0 saturated heterocycles. The molecule has 0 aliphatic heterocycles. The van der Waals surface area contributed by atoms with Gasteiger partial charge in [-0.05, 0) is 56.0 Å². The van der Waals surface area contributed by atoms with Crippen molar-refractivity contribution < 1.29 is 19.0 Å². The van der Waals surface area contributed by atoms with Crippen LogP contribution in [0.4, 0.5) is 27.3 Å². The third kappa shape index (κ3) is 6.41. The Morgan fingerprint density at radius 3 is 2.67 bits per heavy atom. The van der Waals surface area contributed by atoms with E-state index in [1.54, 1.807) is 0 Å². The summed E-state index contributed by atoms with van der Waals surface area (Å²) in [4.78, 5) is 21.3. The van der Waals surface area contributed by atoms with E-state index in [4.69, 9.17) is 15.6 Å². The van der Waals surface area contributed by atoms with E-state index in [2.05, 4.69) is 31.0 Å². The molecule has 12 heteroatoms. The minimum absolute atomic E-state index is 0.0115. The summed E-state index contributed by atoms with van der Waals surface area (Å²) in [5, 5.41) is 23.0. The summed E-state index contributed by atoms with van der Waals surface area (Å²) in [6.07, 6.45) is 8.08. The van der Waals surface area contributed by atoms with E-state index in [0.29, 0.717) is 35.9 Å². The molecule has 1 aromatic carbocycles. The molecule has 3 heterocycles. The van der Waals surface area contributed by atoms with E-state index in [9.17, 15) is 9.18 Å². The highest BCUT2D eigenvalue weighted by atomic mass is 19.1. The Morgan fingerprint density at radius 2 is 1.92 bits per heavy atom. The number of halogens is 1. The van der Waals surface area contributed by atoms with Crippen molar-refractivity contribution in [2.24, 2.45) is 5.73 Å². The van der Waals surface area contributed by atoms with Crippen molar-refractivity contribution >= 4 is 34.4 Å². The van der Waals surface area contributed by atoms with Gasteiger partial charge in [-0.1, -0.05) is 0 Å². The topological polar surface area (TPSA) is 152 Å². The summed E-state index contributed by atoms with van der Waals surface area (Å²) in [6, 6.07) is 11.0. The SMILES string of the molecule is N[C@H]1CC[C@H](Nc2cc(Nc3ccc(OCCCO)cc3)c3ncc(C(=O)Nc4ccncc4F)n3n2)CC1. The number of nitrogens with zero attached hydrogens (tertiary/aromatic N) is 4. The van der Waals surface area contributed by atoms with E-state index in [1.165, 1.54) is 23.0 Å². The van der Waals surface area contributed by atoms with Crippen LogP contribution in [0.25, 0.3) is 5.65 Å². The molecule has 0 atom stereocenters. The minimum Gasteiger partial charge on any atom is -0.494 e. The quantitative estimate of drug-likeness (QED) is 0.192. The zero-order valence-electron chi connectivity index (χ0n) is 21.3.